The minimum absolute atomic E-state index is 0.00859. The molecule has 2 unspecified atom stereocenters. The molecule has 0 spiro atoms. The van der Waals surface area contributed by atoms with Crippen molar-refractivity contribution in [3.63, 3.8) is 0 Å². The van der Waals surface area contributed by atoms with E-state index in [1.165, 1.54) is 21.8 Å². The van der Waals surface area contributed by atoms with Gasteiger partial charge in [0.1, 0.15) is 37.6 Å². The Kier molecular flexibility index (Phi) is 12.5. The van der Waals surface area contributed by atoms with Gasteiger partial charge in [-0.05, 0) is 35.7 Å². The van der Waals surface area contributed by atoms with Crippen molar-refractivity contribution in [2.75, 3.05) is 37.0 Å². The molecule has 6 atom stereocenters. The maximum Gasteiger partial charge on any atom is 0.327 e. The summed E-state index contributed by atoms with van der Waals surface area (Å²) in [5, 5.41) is 5.24. The molecule has 58 heavy (non-hydrogen) atoms. The molecule has 0 aliphatic carbocycles. The van der Waals surface area contributed by atoms with Gasteiger partial charge < -0.3 is 42.5 Å². The van der Waals surface area contributed by atoms with Gasteiger partial charge in [0, 0.05) is 18.0 Å². The van der Waals surface area contributed by atoms with E-state index in [2.05, 4.69) is 45.4 Å². The van der Waals surface area contributed by atoms with Gasteiger partial charge in [-0.2, -0.15) is 4.98 Å². The Morgan fingerprint density at radius 1 is 1.12 bits per heavy atom. The third-order valence-electron chi connectivity index (χ3n) is 8.64. The molecule has 0 radical (unpaired) electrons. The molecule has 4 aromatic heterocycles. The molecular formula is C32H34FN11O10P2S2. The van der Waals surface area contributed by atoms with Gasteiger partial charge in [-0.1, -0.05) is 32.0 Å². The van der Waals surface area contributed by atoms with E-state index in [4.69, 9.17) is 57.5 Å². The van der Waals surface area contributed by atoms with Crippen LogP contribution in [0, 0.1) is 12.5 Å². The summed E-state index contributed by atoms with van der Waals surface area (Å²) in [6, 6.07) is 8.40. The van der Waals surface area contributed by atoms with E-state index in [9.17, 15) is 19.3 Å². The number of aromatic nitrogens is 8. The zero-order valence-electron chi connectivity index (χ0n) is 30.5. The number of amides is 2. The third-order valence-corrected chi connectivity index (χ3v) is 12.6. The number of imidazole rings is 2. The molecule has 6 heterocycles. The second-order valence-corrected chi connectivity index (χ2v) is 18.7. The standard InChI is InChI=1S/C32H34FN11O10P2S2/c1-17(2)28(45)41-32-40-27-23(30(47)42-32)38-20-14-51-55(48,57)54-24-21(33)19(13-52-56(58,49-11-9-34-3)50-12-10-43(20)27)53-31(24)44-16-37-22-25(35-15-36-26(22)44)39-29(46)18-7-5-4-6-8-18/h4-8,15-17,19,21,24,31H,9-14H2,1-2H3,(H,48,57)(H,35,36,39,46)(H2,40,41,42,45,47)/t19-,21-,24-,31-,55?,56?/m1/s1. The topological polar surface area (TPSA) is 245 Å². The molecule has 2 amide bonds. The van der Waals surface area contributed by atoms with Crippen LogP contribution in [0.15, 0.2) is 47.8 Å². The first-order valence-corrected chi connectivity index (χ1v) is 22.6. The van der Waals surface area contributed by atoms with Crippen LogP contribution in [0.3, 0.4) is 0 Å². The van der Waals surface area contributed by atoms with Gasteiger partial charge >= 0.3 is 13.4 Å². The van der Waals surface area contributed by atoms with Crippen LogP contribution in [-0.4, -0.2) is 100 Å². The molecule has 21 nitrogen and oxygen atoms in total. The maximum atomic E-state index is 16.6. The normalized spacial score (nSPS) is 25.4. The second-order valence-electron chi connectivity index (χ2n) is 12.9. The first-order chi connectivity index (χ1) is 27.8. The van der Waals surface area contributed by atoms with Gasteiger partial charge in [-0.3, -0.25) is 33.8 Å². The van der Waals surface area contributed by atoms with E-state index in [0.717, 1.165) is 0 Å². The number of hydrogen-bond acceptors (Lipinski definition) is 16. The second kappa shape index (κ2) is 17.4. The highest BCUT2D eigenvalue weighted by Gasteiger charge is 2.50. The molecule has 2 aliphatic heterocycles. The Labute approximate surface area is 337 Å². The highest BCUT2D eigenvalue weighted by molar-refractivity contribution is 8.07. The number of anilines is 2. The Morgan fingerprint density at radius 3 is 2.67 bits per heavy atom. The van der Waals surface area contributed by atoms with Crippen LogP contribution in [0.1, 0.15) is 36.3 Å². The molecule has 0 saturated carbocycles. The van der Waals surface area contributed by atoms with Gasteiger partial charge in [0.25, 0.3) is 11.5 Å². The van der Waals surface area contributed by atoms with Gasteiger partial charge in [0.05, 0.1) is 19.5 Å². The van der Waals surface area contributed by atoms with Crippen LogP contribution < -0.4 is 16.2 Å². The summed E-state index contributed by atoms with van der Waals surface area (Å²) in [4.78, 5) is 77.2. The third kappa shape index (κ3) is 9.05. The number of rotatable bonds is 8. The van der Waals surface area contributed by atoms with Crippen molar-refractivity contribution in [3.8, 4) is 0 Å². The van der Waals surface area contributed by atoms with E-state index < -0.39 is 74.6 Å². The zero-order chi connectivity index (χ0) is 41.2. The van der Waals surface area contributed by atoms with E-state index in [-0.39, 0.29) is 66.2 Å². The lowest BCUT2D eigenvalue weighted by Gasteiger charge is -2.25. The van der Waals surface area contributed by atoms with Crippen LogP contribution in [0.25, 0.3) is 27.2 Å². The van der Waals surface area contributed by atoms with Crippen molar-refractivity contribution in [3.05, 3.63) is 76.1 Å². The molecule has 26 heteroatoms. The van der Waals surface area contributed by atoms with Crippen LogP contribution in [0.4, 0.5) is 16.2 Å². The fraction of sp³-hybridized carbons (Fsp3) is 0.406. The first kappa shape index (κ1) is 41.7. The van der Waals surface area contributed by atoms with Gasteiger partial charge in [-0.25, -0.2) is 30.9 Å². The molecular weight excluding hydrogens is 843 g/mol. The molecule has 5 aromatic rings. The number of hydrogen-bond donors (Lipinski definition) is 4. The average Bonchev–Trinajstić information content (AvgIpc) is 3.87. The Morgan fingerprint density at radius 2 is 1.91 bits per heavy atom. The molecule has 1 fully saturated rings. The van der Waals surface area contributed by atoms with Crippen LogP contribution in [0.2, 0.25) is 0 Å². The van der Waals surface area contributed by atoms with Crippen molar-refractivity contribution in [1.82, 2.24) is 39.0 Å². The van der Waals surface area contributed by atoms with Crippen LogP contribution >= 0.6 is 13.4 Å². The number of benzene rings is 1. The van der Waals surface area contributed by atoms with Crippen molar-refractivity contribution < 1.29 is 46.2 Å². The van der Waals surface area contributed by atoms with Gasteiger partial charge in [0.2, 0.25) is 18.4 Å². The molecule has 306 valence electrons. The summed E-state index contributed by atoms with van der Waals surface area (Å²) in [6.07, 6.45) is -4.14. The number of carbonyl (C=O) groups excluding carboxylic acids is 2. The fourth-order valence-electron chi connectivity index (χ4n) is 5.83. The molecule has 4 N–H and O–H groups in total. The quantitative estimate of drug-likeness (QED) is 0.0992. The summed E-state index contributed by atoms with van der Waals surface area (Å²) in [5.41, 5.74) is -0.265. The Hall–Kier alpha value is -4.50. The lowest BCUT2D eigenvalue weighted by Crippen LogP contribution is -2.32. The number of nitrogens with zero attached hydrogens (tertiary/aromatic N) is 8. The van der Waals surface area contributed by atoms with E-state index >= 15 is 4.39 Å². The number of fused-ring (bicyclic) bond motifs is 6. The minimum atomic E-state index is -4.38. The minimum Gasteiger partial charge on any atom is -0.346 e. The summed E-state index contributed by atoms with van der Waals surface area (Å²) < 4.78 is 54.6. The summed E-state index contributed by atoms with van der Waals surface area (Å²) in [6.45, 7) is 0.689. The lowest BCUT2D eigenvalue weighted by atomic mass is 10.1. The predicted molar refractivity (Wildman–Crippen MR) is 210 cm³/mol. The van der Waals surface area contributed by atoms with E-state index in [1.54, 1.807) is 44.2 Å². The molecule has 2 bridgehead atoms. The molecule has 2 aliphatic rings. The van der Waals surface area contributed by atoms with Gasteiger partial charge in [0.15, 0.2) is 40.5 Å². The fourth-order valence-corrected chi connectivity index (χ4v) is 8.95. The predicted octanol–water partition coefficient (Wildman–Crippen LogP) is 3.37. The van der Waals surface area contributed by atoms with Crippen molar-refractivity contribution in [2.45, 2.75) is 51.6 Å². The highest BCUT2D eigenvalue weighted by Crippen LogP contribution is 2.53. The summed E-state index contributed by atoms with van der Waals surface area (Å²) in [7, 11) is 0. The number of aromatic amines is 1. The average molecular weight is 878 g/mol. The summed E-state index contributed by atoms with van der Waals surface area (Å²) in [5.74, 6) is -1.39. The monoisotopic (exact) mass is 877 g/mol. The summed E-state index contributed by atoms with van der Waals surface area (Å²) >= 11 is 11.0. The largest absolute Gasteiger partial charge is 0.346 e. The van der Waals surface area contributed by atoms with E-state index in [0.29, 0.717) is 5.56 Å². The van der Waals surface area contributed by atoms with Crippen molar-refractivity contribution >= 4 is 83.0 Å². The number of ether oxygens (including phenoxy) is 1. The SMILES string of the molecule is [C-]#[N+]CCOP1(=S)OCCn2c(nc3c(=O)[nH]c(NC(=O)C(C)C)nc32)COP(O)(=S)O[C@@H]2[C@H](F)[C@@H](CO1)O[C@H]2n1cnc2c(NC(=O)c3ccccc3)ncnc21. The smallest absolute Gasteiger partial charge is 0.327 e. The molecule has 1 saturated heterocycles. The van der Waals surface area contributed by atoms with Crippen LogP contribution in [-0.2, 0) is 68.9 Å². The zero-order valence-corrected chi connectivity index (χ0v) is 33.9. The maximum absolute atomic E-state index is 16.6. The van der Waals surface area contributed by atoms with Gasteiger partial charge in [-0.15, -0.1) is 0 Å². The number of carbonyl (C=O) groups is 2. The van der Waals surface area contributed by atoms with E-state index in [1.807, 2.05) is 0 Å². The number of halogens is 1. The number of alkyl halides is 1. The number of nitrogens with one attached hydrogen (secondary N) is 3. The van der Waals surface area contributed by atoms with Crippen molar-refractivity contribution in [2.24, 2.45) is 5.92 Å². The molecule has 1 aromatic carbocycles. The molecule has 7 rings (SSSR count). The van der Waals surface area contributed by atoms with Crippen molar-refractivity contribution in [1.29, 1.82) is 0 Å². The Bertz CT molecular complexity index is 2550. The highest BCUT2D eigenvalue weighted by atomic mass is 32.5. The lowest BCUT2D eigenvalue weighted by molar-refractivity contribution is -0.118. The Balaban J connectivity index is 1.24. The van der Waals surface area contributed by atoms with Crippen LogP contribution in [0.5, 0.6) is 0 Å². The number of H-pyrrole nitrogens is 1. The first-order valence-electron chi connectivity index (χ1n) is 17.4.